The van der Waals surface area contributed by atoms with E-state index in [2.05, 4.69) is 19.9 Å². The van der Waals surface area contributed by atoms with Gasteiger partial charge in [0.1, 0.15) is 4.90 Å². The Bertz CT molecular complexity index is 788. The molecule has 8 nitrogen and oxygen atoms in total. The van der Waals surface area contributed by atoms with Crippen LogP contribution in [0.2, 0.25) is 0 Å². The Hall–Kier alpha value is -2.26. The highest BCUT2D eigenvalue weighted by molar-refractivity contribution is 7.89. The number of carbonyl (C=O) groups excluding carboxylic acids is 1. The van der Waals surface area contributed by atoms with Gasteiger partial charge in [-0.3, -0.25) is 14.9 Å². The molecule has 9 heteroatoms. The molecule has 1 aliphatic heterocycles. The molecule has 0 unspecified atom stereocenters. The summed E-state index contributed by atoms with van der Waals surface area (Å²) < 4.78 is 26.5. The molecule has 0 fully saturated rings. The van der Waals surface area contributed by atoms with Crippen molar-refractivity contribution in [3.8, 4) is 0 Å². The number of fused-ring (bicyclic) bond motifs is 1. The second-order valence-corrected chi connectivity index (χ2v) is 6.99. The van der Waals surface area contributed by atoms with Crippen molar-refractivity contribution in [3.05, 3.63) is 36.4 Å². The van der Waals surface area contributed by atoms with E-state index in [1.165, 1.54) is 18.5 Å². The van der Waals surface area contributed by atoms with Gasteiger partial charge in [-0.15, -0.1) is 0 Å². The van der Waals surface area contributed by atoms with E-state index in [0.29, 0.717) is 6.54 Å². The quantitative estimate of drug-likeness (QED) is 0.825. The van der Waals surface area contributed by atoms with Crippen LogP contribution in [0.5, 0.6) is 0 Å². The molecule has 0 saturated heterocycles. The third-order valence-electron chi connectivity index (χ3n) is 3.67. The van der Waals surface area contributed by atoms with Crippen LogP contribution in [-0.2, 0) is 21.2 Å². The van der Waals surface area contributed by atoms with Gasteiger partial charge in [-0.2, -0.15) is 5.10 Å². The number of pyridine rings is 1. The van der Waals surface area contributed by atoms with Gasteiger partial charge in [0, 0.05) is 31.9 Å². The van der Waals surface area contributed by atoms with Crippen LogP contribution in [0.1, 0.15) is 18.5 Å². The molecule has 0 atom stereocenters. The van der Waals surface area contributed by atoms with Gasteiger partial charge in [0.2, 0.25) is 15.9 Å². The predicted octanol–water partition coefficient (Wildman–Crippen LogP) is 0.452. The molecule has 3 heterocycles. The first-order chi connectivity index (χ1) is 11.1. The van der Waals surface area contributed by atoms with Crippen molar-refractivity contribution in [3.63, 3.8) is 0 Å². The number of nitrogens with zero attached hydrogens (tertiary/aromatic N) is 3. The molecule has 122 valence electrons. The molecule has 23 heavy (non-hydrogen) atoms. The Labute approximate surface area is 134 Å². The topological polar surface area (TPSA) is 108 Å². The van der Waals surface area contributed by atoms with Gasteiger partial charge >= 0.3 is 0 Å². The molecular formula is C14H17N5O3S. The number of anilines is 1. The standard InChI is InChI=1S/C14H17N5O3S/c20-14(19-8-2-4-12-13(19)10-16-18-12)5-7-17-23(21,22)11-3-1-6-15-9-11/h1,3,6,9-10,17H,2,4-5,7-8H2,(H,16,18). The lowest BCUT2D eigenvalue weighted by molar-refractivity contribution is -0.118. The number of sulfonamides is 1. The van der Waals surface area contributed by atoms with Gasteiger partial charge in [0.05, 0.1) is 17.6 Å². The van der Waals surface area contributed by atoms with E-state index >= 15 is 0 Å². The summed E-state index contributed by atoms with van der Waals surface area (Å²) in [5, 5.41) is 6.84. The fraction of sp³-hybridized carbons (Fsp3) is 0.357. The summed E-state index contributed by atoms with van der Waals surface area (Å²) in [7, 11) is -3.64. The Morgan fingerprint density at radius 1 is 1.39 bits per heavy atom. The van der Waals surface area contributed by atoms with E-state index in [0.717, 1.165) is 24.2 Å². The molecule has 1 aliphatic rings. The molecule has 0 aliphatic carbocycles. The molecule has 2 aromatic rings. The summed E-state index contributed by atoms with van der Waals surface area (Å²) in [5.41, 5.74) is 1.73. The van der Waals surface area contributed by atoms with Crippen LogP contribution < -0.4 is 9.62 Å². The minimum absolute atomic E-state index is 0.0414. The van der Waals surface area contributed by atoms with E-state index in [-0.39, 0.29) is 23.8 Å². The van der Waals surface area contributed by atoms with Crippen LogP contribution in [0, 0.1) is 0 Å². The number of aromatic amines is 1. The van der Waals surface area contributed by atoms with Crippen LogP contribution in [-0.4, -0.2) is 42.6 Å². The first-order valence-corrected chi connectivity index (χ1v) is 8.78. The first-order valence-electron chi connectivity index (χ1n) is 7.30. The fourth-order valence-electron chi connectivity index (χ4n) is 2.53. The second kappa shape index (κ2) is 6.47. The van der Waals surface area contributed by atoms with E-state index in [9.17, 15) is 13.2 Å². The largest absolute Gasteiger partial charge is 0.309 e. The SMILES string of the molecule is O=C(CCNS(=O)(=O)c1cccnc1)N1CCCc2[nH]ncc21. The van der Waals surface area contributed by atoms with Crippen molar-refractivity contribution in [1.82, 2.24) is 19.9 Å². The van der Waals surface area contributed by atoms with E-state index in [1.54, 1.807) is 17.2 Å². The van der Waals surface area contributed by atoms with E-state index in [4.69, 9.17) is 0 Å². The van der Waals surface area contributed by atoms with Gasteiger partial charge in [0.25, 0.3) is 0 Å². The van der Waals surface area contributed by atoms with Gasteiger partial charge < -0.3 is 4.90 Å². The Morgan fingerprint density at radius 2 is 2.26 bits per heavy atom. The fourth-order valence-corrected chi connectivity index (χ4v) is 3.53. The number of carbonyl (C=O) groups is 1. The average Bonchev–Trinajstić information content (AvgIpc) is 3.04. The number of aryl methyl sites for hydroxylation is 1. The third-order valence-corrected chi connectivity index (χ3v) is 5.12. The van der Waals surface area contributed by atoms with Crippen molar-refractivity contribution < 1.29 is 13.2 Å². The average molecular weight is 335 g/mol. The van der Waals surface area contributed by atoms with Crippen molar-refractivity contribution in [2.24, 2.45) is 0 Å². The molecular weight excluding hydrogens is 318 g/mol. The maximum atomic E-state index is 12.3. The van der Waals surface area contributed by atoms with Crippen molar-refractivity contribution in [2.45, 2.75) is 24.2 Å². The Balaban J connectivity index is 1.59. The van der Waals surface area contributed by atoms with Crippen molar-refractivity contribution in [1.29, 1.82) is 0 Å². The molecule has 0 aromatic carbocycles. The smallest absolute Gasteiger partial charge is 0.242 e. The summed E-state index contributed by atoms with van der Waals surface area (Å²) in [4.78, 5) is 17.8. The van der Waals surface area contributed by atoms with Gasteiger partial charge in [0.15, 0.2) is 0 Å². The highest BCUT2D eigenvalue weighted by Crippen LogP contribution is 2.25. The summed E-state index contributed by atoms with van der Waals surface area (Å²) in [5.74, 6) is -0.124. The Kier molecular flexibility index (Phi) is 4.39. The van der Waals surface area contributed by atoms with Crippen LogP contribution in [0.3, 0.4) is 0 Å². The predicted molar refractivity (Wildman–Crippen MR) is 83.3 cm³/mol. The minimum atomic E-state index is -3.64. The van der Waals surface area contributed by atoms with Gasteiger partial charge in [-0.05, 0) is 25.0 Å². The van der Waals surface area contributed by atoms with Gasteiger partial charge in [-0.25, -0.2) is 13.1 Å². The highest BCUT2D eigenvalue weighted by atomic mass is 32.2. The van der Waals surface area contributed by atoms with Crippen molar-refractivity contribution in [2.75, 3.05) is 18.0 Å². The summed E-state index contributed by atoms with van der Waals surface area (Å²) >= 11 is 0. The number of nitrogens with one attached hydrogen (secondary N) is 2. The molecule has 1 amide bonds. The second-order valence-electron chi connectivity index (χ2n) is 5.22. The Morgan fingerprint density at radius 3 is 3.04 bits per heavy atom. The summed E-state index contributed by atoms with van der Waals surface area (Å²) in [6, 6.07) is 3.01. The molecule has 3 rings (SSSR count). The third kappa shape index (κ3) is 3.40. The molecule has 0 bridgehead atoms. The minimum Gasteiger partial charge on any atom is -0.309 e. The van der Waals surface area contributed by atoms with Crippen molar-refractivity contribution >= 4 is 21.6 Å². The highest BCUT2D eigenvalue weighted by Gasteiger charge is 2.24. The zero-order chi connectivity index (χ0) is 16.3. The normalized spacial score (nSPS) is 14.5. The van der Waals surface area contributed by atoms with E-state index in [1.807, 2.05) is 0 Å². The lowest BCUT2D eigenvalue weighted by Gasteiger charge is -2.26. The maximum absolute atomic E-state index is 12.3. The maximum Gasteiger partial charge on any atom is 0.242 e. The molecule has 2 aromatic heterocycles. The lowest BCUT2D eigenvalue weighted by atomic mass is 10.1. The molecule has 2 N–H and O–H groups in total. The number of H-pyrrole nitrogens is 1. The lowest BCUT2D eigenvalue weighted by Crippen LogP contribution is -2.37. The van der Waals surface area contributed by atoms with Crippen LogP contribution >= 0.6 is 0 Å². The number of hydrogen-bond donors (Lipinski definition) is 2. The summed E-state index contributed by atoms with van der Waals surface area (Å²) in [6.45, 7) is 0.667. The van der Waals surface area contributed by atoms with Crippen LogP contribution in [0.25, 0.3) is 0 Å². The zero-order valence-electron chi connectivity index (χ0n) is 12.4. The zero-order valence-corrected chi connectivity index (χ0v) is 13.2. The van der Waals surface area contributed by atoms with E-state index < -0.39 is 10.0 Å². The first kappa shape index (κ1) is 15.6. The molecule has 0 radical (unpaired) electrons. The molecule has 0 saturated carbocycles. The number of hydrogen-bond acceptors (Lipinski definition) is 5. The van der Waals surface area contributed by atoms with Crippen LogP contribution in [0.4, 0.5) is 5.69 Å². The number of rotatable bonds is 5. The monoisotopic (exact) mass is 335 g/mol. The van der Waals surface area contributed by atoms with Gasteiger partial charge in [-0.1, -0.05) is 0 Å². The number of amides is 1. The van der Waals surface area contributed by atoms with Crippen LogP contribution in [0.15, 0.2) is 35.6 Å². The number of aromatic nitrogens is 3. The molecule has 0 spiro atoms. The summed E-state index contributed by atoms with van der Waals surface area (Å²) in [6.07, 6.45) is 6.22.